The minimum Gasteiger partial charge on any atom is -0.361 e. The smallest absolute Gasteiger partial charge is 0.254 e. The second kappa shape index (κ2) is 6.09. The maximum Gasteiger partial charge on any atom is 0.254 e. The van der Waals surface area contributed by atoms with Crippen molar-refractivity contribution in [2.75, 3.05) is 24.5 Å². The summed E-state index contributed by atoms with van der Waals surface area (Å²) >= 11 is 0. The lowest BCUT2D eigenvalue weighted by Gasteiger charge is -2.35. The number of nitrogens with one attached hydrogen (secondary N) is 1. The van der Waals surface area contributed by atoms with Crippen molar-refractivity contribution in [3.8, 4) is 0 Å². The number of fused-ring (bicyclic) bond motifs is 1. The average molecular weight is 333 g/mol. The van der Waals surface area contributed by atoms with Gasteiger partial charge in [0.25, 0.3) is 5.91 Å². The number of anilines is 1. The van der Waals surface area contributed by atoms with E-state index in [4.69, 9.17) is 0 Å². The number of carbonyl (C=O) groups excluding carboxylic acids is 2. The molecule has 0 unspecified atom stereocenters. The number of piperazine rings is 1. The molecular weight excluding hydrogens is 314 g/mol. The number of hydrogen-bond acceptors (Lipinski definition) is 2. The maximum absolute atomic E-state index is 12.8. The molecule has 0 atom stereocenters. The van der Waals surface area contributed by atoms with Crippen LogP contribution in [0.25, 0.3) is 10.9 Å². The number of hydrogen-bond donors (Lipinski definition) is 1. The summed E-state index contributed by atoms with van der Waals surface area (Å²) in [6.45, 7) is 3.14. The van der Waals surface area contributed by atoms with Gasteiger partial charge in [0.05, 0.1) is 0 Å². The fourth-order valence-electron chi connectivity index (χ4n) is 3.33. The molecule has 0 radical (unpaired) electrons. The third kappa shape index (κ3) is 2.78. The first kappa shape index (κ1) is 15.4. The number of carbonyl (C=O) groups is 2. The van der Waals surface area contributed by atoms with E-state index in [0.29, 0.717) is 18.7 Å². The lowest BCUT2D eigenvalue weighted by Crippen LogP contribution is -2.52. The maximum atomic E-state index is 12.8. The highest BCUT2D eigenvalue weighted by molar-refractivity contribution is 6.03. The zero-order valence-corrected chi connectivity index (χ0v) is 14.0. The Morgan fingerprint density at radius 1 is 1.08 bits per heavy atom. The number of rotatable bonds is 2. The molecule has 2 amide bonds. The fourth-order valence-corrected chi connectivity index (χ4v) is 3.33. The zero-order valence-electron chi connectivity index (χ0n) is 14.0. The van der Waals surface area contributed by atoms with Gasteiger partial charge < -0.3 is 14.8 Å². The third-order valence-electron chi connectivity index (χ3n) is 4.72. The molecule has 0 bridgehead atoms. The molecule has 1 N–H and O–H groups in total. The minimum atomic E-state index is -0.103. The molecule has 5 heteroatoms. The van der Waals surface area contributed by atoms with Crippen LogP contribution < -0.4 is 4.90 Å². The minimum absolute atomic E-state index is 0.0464. The Morgan fingerprint density at radius 3 is 2.72 bits per heavy atom. The van der Waals surface area contributed by atoms with Crippen LogP contribution in [0.1, 0.15) is 15.9 Å². The zero-order chi connectivity index (χ0) is 17.4. The summed E-state index contributed by atoms with van der Waals surface area (Å²) in [5.41, 5.74) is 3.52. The van der Waals surface area contributed by atoms with Crippen LogP contribution in [0.3, 0.4) is 0 Å². The monoisotopic (exact) mass is 333 g/mol. The summed E-state index contributed by atoms with van der Waals surface area (Å²) in [6.07, 6.45) is 1.85. The summed E-state index contributed by atoms with van der Waals surface area (Å²) in [6, 6.07) is 15.4. The number of H-pyrrole nitrogens is 1. The van der Waals surface area contributed by atoms with E-state index in [1.807, 2.05) is 61.7 Å². The molecule has 25 heavy (non-hydrogen) atoms. The molecule has 0 saturated carbocycles. The number of aromatic amines is 1. The topological polar surface area (TPSA) is 56.4 Å². The first-order valence-corrected chi connectivity index (χ1v) is 8.36. The Morgan fingerprint density at radius 2 is 1.92 bits per heavy atom. The first-order valence-electron chi connectivity index (χ1n) is 8.36. The van der Waals surface area contributed by atoms with Crippen molar-refractivity contribution in [1.82, 2.24) is 9.88 Å². The number of aryl methyl sites for hydroxylation is 1. The Bertz CT molecular complexity index is 960. The Balaban J connectivity index is 1.53. The first-order chi connectivity index (χ1) is 12.1. The molecule has 1 saturated heterocycles. The quantitative estimate of drug-likeness (QED) is 0.784. The Labute approximate surface area is 145 Å². The van der Waals surface area contributed by atoms with Crippen molar-refractivity contribution in [2.24, 2.45) is 0 Å². The normalized spacial score (nSPS) is 15.0. The van der Waals surface area contributed by atoms with Gasteiger partial charge in [0, 0.05) is 36.1 Å². The van der Waals surface area contributed by atoms with Gasteiger partial charge in [-0.3, -0.25) is 9.59 Å². The van der Waals surface area contributed by atoms with Crippen LogP contribution in [0, 0.1) is 6.92 Å². The van der Waals surface area contributed by atoms with E-state index in [1.54, 1.807) is 9.80 Å². The van der Waals surface area contributed by atoms with Crippen LogP contribution in [0.2, 0.25) is 0 Å². The van der Waals surface area contributed by atoms with E-state index >= 15 is 0 Å². The summed E-state index contributed by atoms with van der Waals surface area (Å²) in [5, 5.41) is 1.07. The van der Waals surface area contributed by atoms with Crippen LogP contribution in [0.15, 0.2) is 54.7 Å². The van der Waals surface area contributed by atoms with Crippen molar-refractivity contribution < 1.29 is 9.59 Å². The number of aromatic nitrogens is 1. The highest BCUT2D eigenvalue weighted by Gasteiger charge is 2.29. The summed E-state index contributed by atoms with van der Waals surface area (Å²) in [7, 11) is 0. The third-order valence-corrected chi connectivity index (χ3v) is 4.72. The second-order valence-corrected chi connectivity index (χ2v) is 6.34. The summed E-state index contributed by atoms with van der Waals surface area (Å²) in [5.74, 6) is -0.149. The summed E-state index contributed by atoms with van der Waals surface area (Å²) in [4.78, 5) is 31.9. The van der Waals surface area contributed by atoms with E-state index < -0.39 is 0 Å². The molecule has 3 aromatic rings. The van der Waals surface area contributed by atoms with Crippen molar-refractivity contribution in [2.45, 2.75) is 6.92 Å². The van der Waals surface area contributed by atoms with Gasteiger partial charge in [0.1, 0.15) is 6.54 Å². The molecule has 4 rings (SSSR count). The van der Waals surface area contributed by atoms with Gasteiger partial charge in [0.2, 0.25) is 5.91 Å². The number of amides is 2. The molecule has 126 valence electrons. The van der Waals surface area contributed by atoms with Gasteiger partial charge in [0.15, 0.2) is 0 Å². The van der Waals surface area contributed by atoms with E-state index in [0.717, 1.165) is 22.2 Å². The fraction of sp³-hybridized carbons (Fsp3) is 0.200. The molecule has 2 aromatic carbocycles. The van der Waals surface area contributed by atoms with Crippen LogP contribution in [-0.4, -0.2) is 41.3 Å². The van der Waals surface area contributed by atoms with Gasteiger partial charge in [-0.1, -0.05) is 24.3 Å². The SMILES string of the molecule is Cc1ccccc1N1CCN(C(=O)c2ccc3cc[nH]c3c2)CC1=O. The highest BCUT2D eigenvalue weighted by Crippen LogP contribution is 2.22. The van der Waals surface area contributed by atoms with E-state index in [9.17, 15) is 9.59 Å². The second-order valence-electron chi connectivity index (χ2n) is 6.34. The predicted molar refractivity (Wildman–Crippen MR) is 97.7 cm³/mol. The summed E-state index contributed by atoms with van der Waals surface area (Å²) < 4.78 is 0. The van der Waals surface area contributed by atoms with Crippen molar-refractivity contribution in [3.05, 3.63) is 65.9 Å². The van der Waals surface area contributed by atoms with Crippen LogP contribution in [0.5, 0.6) is 0 Å². The number of benzene rings is 2. The van der Waals surface area contributed by atoms with Crippen molar-refractivity contribution in [3.63, 3.8) is 0 Å². The molecule has 5 nitrogen and oxygen atoms in total. The van der Waals surface area contributed by atoms with Gasteiger partial charge in [-0.2, -0.15) is 0 Å². The highest BCUT2D eigenvalue weighted by atomic mass is 16.2. The molecule has 1 aliphatic rings. The molecule has 0 spiro atoms. The molecule has 0 aliphatic carbocycles. The predicted octanol–water partition coefficient (Wildman–Crippen LogP) is 2.97. The molecule has 1 fully saturated rings. The van der Waals surface area contributed by atoms with Crippen LogP contribution in [0.4, 0.5) is 5.69 Å². The molecular formula is C20H19N3O2. The standard InChI is InChI=1S/C20H19N3O2/c1-14-4-2-3-5-18(14)23-11-10-22(13-19(23)24)20(25)16-7-6-15-8-9-21-17(15)12-16/h2-9,12,21H,10-11,13H2,1H3. The van der Waals surface area contributed by atoms with Gasteiger partial charge in [-0.15, -0.1) is 0 Å². The molecule has 1 aliphatic heterocycles. The van der Waals surface area contributed by atoms with E-state index in [2.05, 4.69) is 4.98 Å². The Kier molecular flexibility index (Phi) is 3.76. The van der Waals surface area contributed by atoms with E-state index in [1.165, 1.54) is 0 Å². The van der Waals surface area contributed by atoms with Gasteiger partial charge >= 0.3 is 0 Å². The Hall–Kier alpha value is -3.08. The van der Waals surface area contributed by atoms with Crippen molar-refractivity contribution in [1.29, 1.82) is 0 Å². The van der Waals surface area contributed by atoms with E-state index in [-0.39, 0.29) is 18.4 Å². The van der Waals surface area contributed by atoms with Crippen molar-refractivity contribution >= 4 is 28.4 Å². The van der Waals surface area contributed by atoms with Crippen LogP contribution in [-0.2, 0) is 4.79 Å². The molecule has 2 heterocycles. The number of para-hydroxylation sites is 1. The lowest BCUT2D eigenvalue weighted by atomic mass is 10.1. The van der Waals surface area contributed by atoms with Gasteiger partial charge in [-0.25, -0.2) is 0 Å². The van der Waals surface area contributed by atoms with Crippen LogP contribution >= 0.6 is 0 Å². The largest absolute Gasteiger partial charge is 0.361 e. The van der Waals surface area contributed by atoms with Gasteiger partial charge in [-0.05, 0) is 42.1 Å². The lowest BCUT2D eigenvalue weighted by molar-refractivity contribution is -0.120. The molecule has 1 aromatic heterocycles. The average Bonchev–Trinajstić information content (AvgIpc) is 3.09. The number of nitrogens with zero attached hydrogens (tertiary/aromatic N) is 2.